The minimum atomic E-state index is -0.0550. The largest absolute Gasteiger partial charge is 0.393 e. The third kappa shape index (κ3) is 2.06. The van der Waals surface area contributed by atoms with E-state index in [4.69, 9.17) is 0 Å². The van der Waals surface area contributed by atoms with Crippen LogP contribution in [0.15, 0.2) is 24.3 Å². The van der Waals surface area contributed by atoms with Crippen molar-refractivity contribution in [2.24, 2.45) is 34.5 Å². The molecule has 2 nitrogen and oxygen atoms in total. The van der Waals surface area contributed by atoms with E-state index in [9.17, 15) is 5.11 Å². The van der Waals surface area contributed by atoms with Crippen molar-refractivity contribution < 1.29 is 5.11 Å². The Balaban J connectivity index is 1.40. The molecule has 4 aliphatic rings. The van der Waals surface area contributed by atoms with Crippen LogP contribution in [0, 0.1) is 34.5 Å². The molecule has 4 aliphatic carbocycles. The van der Waals surface area contributed by atoms with E-state index in [0.717, 1.165) is 30.1 Å². The molecule has 7 atom stereocenters. The number of para-hydroxylation sites is 1. The van der Waals surface area contributed by atoms with E-state index in [2.05, 4.69) is 43.1 Å². The lowest BCUT2D eigenvalue weighted by Gasteiger charge is -2.60. The maximum absolute atomic E-state index is 10.7. The van der Waals surface area contributed by atoms with Gasteiger partial charge in [0, 0.05) is 16.6 Å². The topological polar surface area (TPSA) is 36.0 Å². The second-order valence-corrected chi connectivity index (χ2v) is 10.8. The van der Waals surface area contributed by atoms with E-state index in [1.165, 1.54) is 61.5 Å². The van der Waals surface area contributed by atoms with Crippen molar-refractivity contribution in [1.82, 2.24) is 4.98 Å². The zero-order chi connectivity index (χ0) is 18.4. The molecule has 1 aromatic carbocycles. The molecule has 0 unspecified atom stereocenters. The molecule has 0 aliphatic heterocycles. The Morgan fingerprint density at radius 1 is 0.963 bits per heavy atom. The van der Waals surface area contributed by atoms with Crippen molar-refractivity contribution in [3.05, 3.63) is 35.5 Å². The summed E-state index contributed by atoms with van der Waals surface area (Å²) >= 11 is 0. The highest BCUT2D eigenvalue weighted by Crippen LogP contribution is 2.65. The van der Waals surface area contributed by atoms with Crippen LogP contribution in [0.4, 0.5) is 0 Å². The molecule has 3 fully saturated rings. The molecule has 0 saturated heterocycles. The van der Waals surface area contributed by atoms with Gasteiger partial charge < -0.3 is 10.1 Å². The molecule has 2 heteroatoms. The number of nitrogens with one attached hydrogen (secondary N) is 1. The summed E-state index contributed by atoms with van der Waals surface area (Å²) in [6.07, 6.45) is 10.1. The number of hydrogen-bond acceptors (Lipinski definition) is 1. The van der Waals surface area contributed by atoms with Crippen molar-refractivity contribution in [3.63, 3.8) is 0 Å². The summed E-state index contributed by atoms with van der Waals surface area (Å²) in [7, 11) is 0. The third-order valence-corrected chi connectivity index (χ3v) is 9.93. The monoisotopic (exact) mass is 363 g/mol. The van der Waals surface area contributed by atoms with Gasteiger partial charge in [0.1, 0.15) is 0 Å². The van der Waals surface area contributed by atoms with E-state index in [-0.39, 0.29) is 11.5 Å². The van der Waals surface area contributed by atoms with Crippen LogP contribution in [-0.4, -0.2) is 16.2 Å². The summed E-state index contributed by atoms with van der Waals surface area (Å²) in [5.74, 6) is 3.28. The normalized spacial score (nSPS) is 45.8. The van der Waals surface area contributed by atoms with Crippen molar-refractivity contribution in [1.29, 1.82) is 0 Å². The minimum absolute atomic E-state index is 0.0550. The molecule has 0 radical (unpaired) electrons. The van der Waals surface area contributed by atoms with Gasteiger partial charge in [-0.05, 0) is 97.5 Å². The van der Waals surface area contributed by atoms with E-state index in [1.807, 2.05) is 0 Å². The van der Waals surface area contributed by atoms with Crippen molar-refractivity contribution >= 4 is 10.9 Å². The zero-order valence-electron chi connectivity index (χ0n) is 16.8. The van der Waals surface area contributed by atoms with E-state index in [1.54, 1.807) is 5.56 Å². The summed E-state index contributed by atoms with van der Waals surface area (Å²) in [5.41, 5.74) is 5.11. The Labute approximate surface area is 162 Å². The number of aliphatic hydroxyl groups excluding tert-OH is 1. The molecule has 6 rings (SSSR count). The highest BCUT2D eigenvalue weighted by molar-refractivity contribution is 5.85. The molecule has 2 N–H and O–H groups in total. The lowest BCUT2D eigenvalue weighted by Crippen LogP contribution is -2.54. The number of rotatable bonds is 0. The van der Waals surface area contributed by atoms with Crippen LogP contribution in [0.2, 0.25) is 0 Å². The highest BCUT2D eigenvalue weighted by atomic mass is 16.3. The summed E-state index contributed by atoms with van der Waals surface area (Å²) in [6, 6.07) is 8.91. The molecule has 0 amide bonds. The minimum Gasteiger partial charge on any atom is -0.393 e. The fraction of sp³-hybridized carbons (Fsp3) is 0.680. The van der Waals surface area contributed by atoms with Crippen molar-refractivity contribution in [2.45, 2.75) is 71.3 Å². The Morgan fingerprint density at radius 3 is 2.67 bits per heavy atom. The van der Waals surface area contributed by atoms with Gasteiger partial charge in [-0.2, -0.15) is 0 Å². The number of fused-ring (bicyclic) bond motifs is 8. The summed E-state index contributed by atoms with van der Waals surface area (Å²) in [5, 5.41) is 12.2. The Hall–Kier alpha value is -1.28. The molecule has 3 saturated carbocycles. The fourth-order valence-electron chi connectivity index (χ4n) is 8.38. The van der Waals surface area contributed by atoms with Gasteiger partial charge >= 0.3 is 0 Å². The van der Waals surface area contributed by atoms with Crippen LogP contribution in [0.1, 0.15) is 63.6 Å². The molecule has 1 heterocycles. The predicted octanol–water partition coefficient (Wildman–Crippen LogP) is 5.49. The lowest BCUT2D eigenvalue weighted by atomic mass is 9.45. The first-order valence-corrected chi connectivity index (χ1v) is 11.3. The molecule has 1 aromatic heterocycles. The van der Waals surface area contributed by atoms with Gasteiger partial charge in [0.2, 0.25) is 0 Å². The van der Waals surface area contributed by atoms with Crippen molar-refractivity contribution in [2.75, 3.05) is 0 Å². The average molecular weight is 364 g/mol. The van der Waals surface area contributed by atoms with Crippen LogP contribution in [0.5, 0.6) is 0 Å². The molecule has 2 aromatic rings. The molecule has 0 spiro atoms. The average Bonchev–Trinajstić information content (AvgIpc) is 3.16. The number of aromatic nitrogens is 1. The smallest absolute Gasteiger partial charge is 0.0596 e. The van der Waals surface area contributed by atoms with Crippen LogP contribution >= 0.6 is 0 Å². The zero-order valence-corrected chi connectivity index (χ0v) is 16.8. The quantitative estimate of drug-likeness (QED) is 0.638. The standard InChI is InChI=1S/C25H33NO/c1-24-12-11-20-17(19(24)9-10-23(24)27)8-7-15-13-22-18(14-25(15,20)2)16-5-3-4-6-21(16)26-22/h3-6,15,17,19-20,23,26-27H,7-14H2,1-2H3/t15-,17+,19-,20-,23-,24-,25-/m0/s1. The van der Waals surface area contributed by atoms with E-state index in [0.29, 0.717) is 5.41 Å². The molecular weight excluding hydrogens is 330 g/mol. The molecule has 27 heavy (non-hydrogen) atoms. The van der Waals surface area contributed by atoms with Crippen LogP contribution < -0.4 is 0 Å². The second-order valence-electron chi connectivity index (χ2n) is 10.8. The van der Waals surface area contributed by atoms with Gasteiger partial charge in [0.05, 0.1) is 6.10 Å². The van der Waals surface area contributed by atoms with Crippen LogP contribution in [-0.2, 0) is 12.8 Å². The molecular formula is C25H33NO. The highest BCUT2D eigenvalue weighted by Gasteiger charge is 2.60. The van der Waals surface area contributed by atoms with Crippen LogP contribution in [0.3, 0.4) is 0 Å². The first kappa shape index (κ1) is 16.7. The Bertz CT molecular complexity index is 899. The van der Waals surface area contributed by atoms with E-state index >= 15 is 0 Å². The first-order chi connectivity index (χ1) is 13.0. The van der Waals surface area contributed by atoms with Gasteiger partial charge in [-0.15, -0.1) is 0 Å². The Kier molecular flexibility index (Phi) is 3.33. The maximum atomic E-state index is 10.7. The molecule has 0 bridgehead atoms. The number of benzene rings is 1. The predicted molar refractivity (Wildman–Crippen MR) is 110 cm³/mol. The third-order valence-electron chi connectivity index (χ3n) is 9.93. The van der Waals surface area contributed by atoms with Gasteiger partial charge in [-0.1, -0.05) is 32.0 Å². The number of aliphatic hydroxyl groups is 1. The van der Waals surface area contributed by atoms with Crippen LogP contribution in [0.25, 0.3) is 10.9 Å². The fourth-order valence-corrected chi connectivity index (χ4v) is 8.38. The van der Waals surface area contributed by atoms with E-state index < -0.39 is 0 Å². The van der Waals surface area contributed by atoms with Gasteiger partial charge in [0.25, 0.3) is 0 Å². The summed E-state index contributed by atoms with van der Waals surface area (Å²) in [6.45, 7) is 5.03. The second kappa shape index (κ2) is 5.41. The van der Waals surface area contributed by atoms with Gasteiger partial charge in [-0.3, -0.25) is 0 Å². The first-order valence-electron chi connectivity index (χ1n) is 11.3. The number of aromatic amines is 1. The van der Waals surface area contributed by atoms with Gasteiger partial charge in [-0.25, -0.2) is 0 Å². The lowest BCUT2D eigenvalue weighted by molar-refractivity contribution is -0.111. The number of hydrogen-bond donors (Lipinski definition) is 2. The van der Waals surface area contributed by atoms with Crippen molar-refractivity contribution in [3.8, 4) is 0 Å². The molecule has 144 valence electrons. The summed E-state index contributed by atoms with van der Waals surface area (Å²) < 4.78 is 0. The van der Waals surface area contributed by atoms with Gasteiger partial charge in [0.15, 0.2) is 0 Å². The summed E-state index contributed by atoms with van der Waals surface area (Å²) in [4.78, 5) is 3.75. The SMILES string of the molecule is C[C@]12Cc3c([nH]c4ccccc34)C[C@@H]1CC[C@H]1[C@@H]2CC[C@]2(C)[C@@H](O)CC[C@@H]12. The Morgan fingerprint density at radius 2 is 1.78 bits per heavy atom. The number of H-pyrrole nitrogens is 1. The maximum Gasteiger partial charge on any atom is 0.0596 e.